The molecule has 0 atom stereocenters. The number of nitrogens with one attached hydrogen (secondary N) is 1. The van der Waals surface area contributed by atoms with Crippen LogP contribution >= 0.6 is 11.3 Å². The minimum atomic E-state index is -0.718. The van der Waals surface area contributed by atoms with Crippen molar-refractivity contribution in [1.82, 2.24) is 4.98 Å². The van der Waals surface area contributed by atoms with E-state index in [9.17, 15) is 4.79 Å². The smallest absolute Gasteiger partial charge is 0.232 e. The van der Waals surface area contributed by atoms with Gasteiger partial charge in [0.25, 0.3) is 0 Å². The number of hydrogen-bond acceptors (Lipinski definition) is 4. The Morgan fingerprint density at radius 3 is 2.19 bits per heavy atom. The molecule has 0 bridgehead atoms. The lowest BCUT2D eigenvalue weighted by Gasteiger charge is -2.33. The molecule has 0 aliphatic carbocycles. The van der Waals surface area contributed by atoms with E-state index in [4.69, 9.17) is 9.72 Å². The summed E-state index contributed by atoms with van der Waals surface area (Å²) >= 11 is 1.44. The number of carbonyl (C=O) groups is 1. The molecule has 1 amide bonds. The summed E-state index contributed by atoms with van der Waals surface area (Å²) < 4.78 is 5.37. The van der Waals surface area contributed by atoms with Gasteiger partial charge in [-0.2, -0.15) is 0 Å². The van der Waals surface area contributed by atoms with Crippen LogP contribution in [0.2, 0.25) is 0 Å². The lowest BCUT2D eigenvalue weighted by atomic mass is 9.70. The van der Waals surface area contributed by atoms with Gasteiger partial charge < -0.3 is 10.1 Å². The number of nitrogens with zero attached hydrogens (tertiary/aromatic N) is 1. The van der Waals surface area contributed by atoms with Gasteiger partial charge in [-0.1, -0.05) is 98.8 Å². The van der Waals surface area contributed by atoms with Gasteiger partial charge in [-0.15, -0.1) is 11.3 Å². The molecule has 5 aromatic rings. The number of ether oxygens (including phenoxy) is 1. The average molecular weight is 493 g/mol. The van der Waals surface area contributed by atoms with Crippen molar-refractivity contribution in [2.45, 2.75) is 19.8 Å². The van der Waals surface area contributed by atoms with E-state index in [1.165, 1.54) is 11.3 Å². The second kappa shape index (κ2) is 9.96. The lowest BCUT2D eigenvalue weighted by molar-refractivity contribution is -0.124. The van der Waals surface area contributed by atoms with Crippen LogP contribution in [0.3, 0.4) is 0 Å². The summed E-state index contributed by atoms with van der Waals surface area (Å²) in [7, 11) is 1.67. The summed E-state index contributed by atoms with van der Waals surface area (Å²) in [4.78, 5) is 18.5. The van der Waals surface area contributed by atoms with Crippen LogP contribution < -0.4 is 10.1 Å². The van der Waals surface area contributed by atoms with Crippen molar-refractivity contribution < 1.29 is 9.53 Å². The summed E-state index contributed by atoms with van der Waals surface area (Å²) in [6.45, 7) is 4.00. The van der Waals surface area contributed by atoms with E-state index in [-0.39, 0.29) is 11.8 Å². The summed E-state index contributed by atoms with van der Waals surface area (Å²) in [6.07, 6.45) is 0. The number of benzene rings is 4. The van der Waals surface area contributed by atoms with Gasteiger partial charge in [0.1, 0.15) is 5.75 Å². The van der Waals surface area contributed by atoms with Crippen LogP contribution in [0, 0.1) is 5.41 Å². The highest BCUT2D eigenvalue weighted by Crippen LogP contribution is 2.42. The zero-order valence-corrected chi connectivity index (χ0v) is 21.4. The van der Waals surface area contributed by atoms with Crippen molar-refractivity contribution in [2.75, 3.05) is 12.4 Å². The first-order chi connectivity index (χ1) is 17.5. The molecular formula is C31H28N2O2S. The van der Waals surface area contributed by atoms with E-state index < -0.39 is 5.41 Å². The highest BCUT2D eigenvalue weighted by molar-refractivity contribution is 7.14. The largest absolute Gasteiger partial charge is 0.497 e. The molecule has 0 unspecified atom stereocenters. The highest BCUT2D eigenvalue weighted by Gasteiger charge is 2.39. The Balaban J connectivity index is 1.44. The molecule has 1 aromatic heterocycles. The molecule has 0 spiro atoms. The fraction of sp³-hybridized carbons (Fsp3) is 0.161. The number of amides is 1. The van der Waals surface area contributed by atoms with Crippen LogP contribution in [0.5, 0.6) is 5.75 Å². The van der Waals surface area contributed by atoms with E-state index in [2.05, 4.69) is 47.8 Å². The molecule has 5 rings (SSSR count). The molecule has 0 saturated heterocycles. The highest BCUT2D eigenvalue weighted by atomic mass is 32.1. The molecule has 0 aliphatic heterocycles. The van der Waals surface area contributed by atoms with Gasteiger partial charge in [0, 0.05) is 16.9 Å². The predicted molar refractivity (Wildman–Crippen MR) is 149 cm³/mol. The van der Waals surface area contributed by atoms with E-state index in [0.717, 1.165) is 38.9 Å². The minimum Gasteiger partial charge on any atom is -0.497 e. The average Bonchev–Trinajstić information content (AvgIpc) is 3.37. The first-order valence-electron chi connectivity index (χ1n) is 11.9. The van der Waals surface area contributed by atoms with Gasteiger partial charge in [0.05, 0.1) is 18.2 Å². The van der Waals surface area contributed by atoms with Crippen molar-refractivity contribution in [1.29, 1.82) is 0 Å². The normalized spacial score (nSPS) is 11.6. The fourth-order valence-electron chi connectivity index (χ4n) is 4.77. The summed E-state index contributed by atoms with van der Waals surface area (Å²) in [5.41, 5.74) is 3.36. The molecule has 1 N–H and O–H groups in total. The zero-order chi connectivity index (χ0) is 25.1. The number of thiazole rings is 1. The molecule has 1 heterocycles. The Morgan fingerprint density at radius 1 is 0.889 bits per heavy atom. The van der Waals surface area contributed by atoms with Gasteiger partial charge in [0.2, 0.25) is 5.91 Å². The van der Waals surface area contributed by atoms with Gasteiger partial charge >= 0.3 is 0 Å². The molecule has 4 aromatic carbocycles. The van der Waals surface area contributed by atoms with Gasteiger partial charge in [-0.05, 0) is 34.0 Å². The number of fused-ring (bicyclic) bond motifs is 1. The van der Waals surface area contributed by atoms with Crippen LogP contribution in [0.4, 0.5) is 5.13 Å². The maximum atomic E-state index is 13.7. The maximum Gasteiger partial charge on any atom is 0.232 e. The molecule has 0 aliphatic rings. The molecule has 180 valence electrons. The van der Waals surface area contributed by atoms with Gasteiger partial charge in [-0.3, -0.25) is 4.79 Å². The Kier molecular flexibility index (Phi) is 6.57. The zero-order valence-electron chi connectivity index (χ0n) is 20.6. The van der Waals surface area contributed by atoms with Gasteiger partial charge in [-0.25, -0.2) is 4.98 Å². The summed E-state index contributed by atoms with van der Waals surface area (Å²) in [5.74, 6) is 0.649. The summed E-state index contributed by atoms with van der Waals surface area (Å²) in [5, 5.41) is 7.87. The van der Waals surface area contributed by atoms with Crippen molar-refractivity contribution in [3.63, 3.8) is 0 Å². The van der Waals surface area contributed by atoms with Crippen molar-refractivity contribution >= 4 is 33.1 Å². The summed E-state index contributed by atoms with van der Waals surface area (Å²) in [6, 6.07) is 32.6. The van der Waals surface area contributed by atoms with Crippen LogP contribution in [-0.4, -0.2) is 18.0 Å². The predicted octanol–water partition coefficient (Wildman–Crippen LogP) is 7.77. The topological polar surface area (TPSA) is 51.2 Å². The quantitative estimate of drug-likeness (QED) is 0.252. The Hall–Kier alpha value is -3.96. The number of aromatic nitrogens is 1. The monoisotopic (exact) mass is 492 g/mol. The van der Waals surface area contributed by atoms with Gasteiger partial charge in [0.15, 0.2) is 5.13 Å². The Bertz CT molecular complexity index is 1450. The third-order valence-electron chi connectivity index (χ3n) is 6.66. The van der Waals surface area contributed by atoms with Crippen molar-refractivity contribution in [2.24, 2.45) is 5.41 Å². The molecule has 0 radical (unpaired) electrons. The third-order valence-corrected chi connectivity index (χ3v) is 7.42. The third kappa shape index (κ3) is 4.62. The first-order valence-corrected chi connectivity index (χ1v) is 12.8. The maximum absolute atomic E-state index is 13.7. The Labute approximate surface area is 215 Å². The van der Waals surface area contributed by atoms with E-state index in [0.29, 0.717) is 5.13 Å². The molecule has 4 nitrogen and oxygen atoms in total. The minimum absolute atomic E-state index is 0.0660. The van der Waals surface area contributed by atoms with Crippen LogP contribution in [0.25, 0.3) is 22.0 Å². The molecule has 0 fully saturated rings. The molecule has 5 heteroatoms. The van der Waals surface area contributed by atoms with Crippen molar-refractivity contribution in [3.8, 4) is 17.0 Å². The second-order valence-electron chi connectivity index (χ2n) is 9.36. The number of hydrogen-bond donors (Lipinski definition) is 1. The molecule has 0 saturated carbocycles. The number of carbonyl (C=O) groups excluding carboxylic acids is 1. The Morgan fingerprint density at radius 2 is 1.56 bits per heavy atom. The molecular weight excluding hydrogens is 464 g/mol. The number of rotatable bonds is 7. The fourth-order valence-corrected chi connectivity index (χ4v) is 5.48. The van der Waals surface area contributed by atoms with E-state index in [1.54, 1.807) is 7.11 Å². The lowest BCUT2D eigenvalue weighted by Crippen LogP contribution is -2.37. The van der Waals surface area contributed by atoms with Crippen LogP contribution in [0.1, 0.15) is 30.9 Å². The number of methoxy groups -OCH3 is 1. The van der Waals surface area contributed by atoms with E-state index >= 15 is 0 Å². The number of anilines is 1. The van der Waals surface area contributed by atoms with Crippen LogP contribution in [-0.2, 0) is 4.79 Å². The first kappa shape index (κ1) is 23.8. The van der Waals surface area contributed by atoms with E-state index in [1.807, 2.05) is 73.8 Å². The SMILES string of the molecule is COc1ccc2c(-c3csc(NC(=O)C(C)(C)C(c4ccccc4)c4ccccc4)n3)cccc2c1. The standard InChI is InChI=1S/C31H28N2O2S/c1-31(2,28(21-11-6-4-7-12-21)22-13-8-5-9-14-22)29(34)33-30-32-27(20-36-30)26-16-10-15-23-19-24(35-3)17-18-25(23)26/h4-20,28H,1-3H3,(H,32,33,34). The van der Waals surface area contributed by atoms with Crippen molar-refractivity contribution in [3.05, 3.63) is 114 Å². The van der Waals surface area contributed by atoms with Crippen LogP contribution in [0.15, 0.2) is 102 Å². The molecule has 36 heavy (non-hydrogen) atoms. The second-order valence-corrected chi connectivity index (χ2v) is 10.2.